The van der Waals surface area contributed by atoms with Gasteiger partial charge in [-0.1, -0.05) is 24.3 Å². The van der Waals surface area contributed by atoms with Gasteiger partial charge in [0.25, 0.3) is 0 Å². The van der Waals surface area contributed by atoms with E-state index in [9.17, 15) is 0 Å². The number of nitrogens with two attached hydrogens (primary N) is 1. The summed E-state index contributed by atoms with van der Waals surface area (Å²) < 4.78 is 8.38. The van der Waals surface area contributed by atoms with Gasteiger partial charge >= 0.3 is 0 Å². The van der Waals surface area contributed by atoms with Crippen molar-refractivity contribution in [1.29, 1.82) is 0 Å². The number of aryl methyl sites for hydroxylation is 1. The molecule has 2 aliphatic rings. The van der Waals surface area contributed by atoms with Gasteiger partial charge in [-0.25, -0.2) is 9.67 Å². The predicted octanol–water partition coefficient (Wildman–Crippen LogP) is 3.13. The lowest BCUT2D eigenvalue weighted by Crippen LogP contribution is -2.51. The SMILES string of the molecule is N[C@@H]1CCCN(C2CCc3ccccc3C2Oc2ccc(-n3cncn3)cc2)C1. The van der Waals surface area contributed by atoms with Gasteiger partial charge in [0.15, 0.2) is 0 Å². The molecule has 3 aromatic rings. The molecular weight excluding hydrogens is 362 g/mol. The summed E-state index contributed by atoms with van der Waals surface area (Å²) in [6.07, 6.45) is 7.74. The highest BCUT2D eigenvalue weighted by Gasteiger charge is 2.36. The zero-order chi connectivity index (χ0) is 19.6. The van der Waals surface area contributed by atoms with E-state index in [-0.39, 0.29) is 12.1 Å². The van der Waals surface area contributed by atoms with Crippen molar-refractivity contribution in [2.24, 2.45) is 5.73 Å². The summed E-state index contributed by atoms with van der Waals surface area (Å²) in [7, 11) is 0. The van der Waals surface area contributed by atoms with Crippen LogP contribution in [0.5, 0.6) is 5.75 Å². The zero-order valence-electron chi connectivity index (χ0n) is 16.5. The predicted molar refractivity (Wildman–Crippen MR) is 112 cm³/mol. The summed E-state index contributed by atoms with van der Waals surface area (Å²) in [6.45, 7) is 2.06. The quantitative estimate of drug-likeness (QED) is 0.742. The number of nitrogens with zero attached hydrogens (tertiary/aromatic N) is 4. The van der Waals surface area contributed by atoms with Crippen LogP contribution in [0, 0.1) is 0 Å². The maximum Gasteiger partial charge on any atom is 0.139 e. The van der Waals surface area contributed by atoms with Crippen LogP contribution in [0.25, 0.3) is 5.69 Å². The largest absolute Gasteiger partial charge is 0.484 e. The number of benzene rings is 2. The molecule has 0 radical (unpaired) electrons. The molecule has 2 aromatic carbocycles. The maximum absolute atomic E-state index is 6.63. The van der Waals surface area contributed by atoms with Crippen molar-refractivity contribution < 1.29 is 4.74 Å². The molecule has 1 aliphatic carbocycles. The number of aromatic nitrogens is 3. The number of hydrogen-bond acceptors (Lipinski definition) is 5. The fraction of sp³-hybridized carbons (Fsp3) is 0.391. The molecule has 2 unspecified atom stereocenters. The van der Waals surface area contributed by atoms with Crippen molar-refractivity contribution in [1.82, 2.24) is 19.7 Å². The van der Waals surface area contributed by atoms with E-state index < -0.39 is 0 Å². The first kappa shape index (κ1) is 18.3. The molecule has 0 saturated carbocycles. The highest BCUT2D eigenvalue weighted by Crippen LogP contribution is 2.37. The van der Waals surface area contributed by atoms with E-state index in [1.165, 1.54) is 23.9 Å². The lowest BCUT2D eigenvalue weighted by atomic mass is 9.84. The Bertz CT molecular complexity index is 940. The molecule has 0 bridgehead atoms. The average Bonchev–Trinajstić information content (AvgIpc) is 3.29. The van der Waals surface area contributed by atoms with Gasteiger partial charge < -0.3 is 10.5 Å². The van der Waals surface area contributed by atoms with Crippen LogP contribution in [0.3, 0.4) is 0 Å². The molecule has 1 aromatic heterocycles. The van der Waals surface area contributed by atoms with E-state index in [1.54, 1.807) is 11.0 Å². The fourth-order valence-corrected chi connectivity index (χ4v) is 4.72. The van der Waals surface area contributed by atoms with Crippen molar-refractivity contribution in [3.05, 3.63) is 72.3 Å². The topological polar surface area (TPSA) is 69.2 Å². The summed E-state index contributed by atoms with van der Waals surface area (Å²) >= 11 is 0. The number of piperidine rings is 1. The number of fused-ring (bicyclic) bond motifs is 1. The first-order valence-electron chi connectivity index (χ1n) is 10.5. The van der Waals surface area contributed by atoms with Crippen molar-refractivity contribution in [2.75, 3.05) is 13.1 Å². The smallest absolute Gasteiger partial charge is 0.139 e. The molecule has 5 rings (SSSR count). The summed E-state index contributed by atoms with van der Waals surface area (Å²) in [5.41, 5.74) is 9.97. The standard InChI is InChI=1S/C23H27N5O/c24-18-5-3-13-27(14-18)22-12-7-17-4-1-2-6-21(17)23(22)29-20-10-8-19(9-11-20)28-16-25-15-26-28/h1-2,4,6,8-11,15-16,18,22-23H,3,5,7,12-14,24H2/t18-,22?,23?/m1/s1. The van der Waals surface area contributed by atoms with Gasteiger partial charge in [-0.2, -0.15) is 5.10 Å². The van der Waals surface area contributed by atoms with Crippen LogP contribution >= 0.6 is 0 Å². The minimum absolute atomic E-state index is 0.0162. The second-order valence-corrected chi connectivity index (χ2v) is 8.07. The first-order valence-corrected chi connectivity index (χ1v) is 10.5. The summed E-state index contributed by atoms with van der Waals surface area (Å²) in [5.74, 6) is 0.877. The molecule has 0 spiro atoms. The minimum atomic E-state index is 0.0162. The average molecular weight is 390 g/mol. The summed E-state index contributed by atoms with van der Waals surface area (Å²) in [5, 5.41) is 4.19. The minimum Gasteiger partial charge on any atom is -0.484 e. The molecule has 29 heavy (non-hydrogen) atoms. The van der Waals surface area contributed by atoms with Gasteiger partial charge in [0.1, 0.15) is 24.5 Å². The van der Waals surface area contributed by atoms with Crippen molar-refractivity contribution >= 4 is 0 Å². The lowest BCUT2D eigenvalue weighted by Gasteiger charge is -2.43. The van der Waals surface area contributed by atoms with E-state index in [0.717, 1.165) is 43.8 Å². The van der Waals surface area contributed by atoms with Gasteiger partial charge in [-0.3, -0.25) is 4.90 Å². The maximum atomic E-state index is 6.63. The molecule has 2 heterocycles. The third-order valence-corrected chi connectivity index (χ3v) is 6.16. The van der Waals surface area contributed by atoms with Crippen molar-refractivity contribution in [2.45, 2.75) is 43.9 Å². The van der Waals surface area contributed by atoms with Crippen molar-refractivity contribution in [3.63, 3.8) is 0 Å². The Labute approximate surface area is 171 Å². The Morgan fingerprint density at radius 3 is 2.69 bits per heavy atom. The Kier molecular flexibility index (Phi) is 5.04. The Hall–Kier alpha value is -2.70. The monoisotopic (exact) mass is 389 g/mol. The van der Waals surface area contributed by atoms with E-state index in [4.69, 9.17) is 10.5 Å². The van der Waals surface area contributed by atoms with Crippen molar-refractivity contribution in [3.8, 4) is 11.4 Å². The van der Waals surface area contributed by atoms with Gasteiger partial charge in [0, 0.05) is 12.6 Å². The third kappa shape index (κ3) is 3.78. The molecule has 150 valence electrons. The highest BCUT2D eigenvalue weighted by molar-refractivity contribution is 5.38. The Morgan fingerprint density at radius 1 is 1.03 bits per heavy atom. The summed E-state index contributed by atoms with van der Waals surface area (Å²) in [6, 6.07) is 17.4. The van der Waals surface area contributed by atoms with Gasteiger partial charge in [0.2, 0.25) is 0 Å². The molecule has 6 heteroatoms. The Balaban J connectivity index is 1.42. The molecule has 1 aliphatic heterocycles. The first-order chi connectivity index (χ1) is 14.3. The van der Waals surface area contributed by atoms with Crippen LogP contribution in [0.15, 0.2) is 61.2 Å². The second kappa shape index (κ2) is 7.97. The molecule has 6 nitrogen and oxygen atoms in total. The molecule has 3 atom stereocenters. The van der Waals surface area contributed by atoms with E-state index in [1.807, 2.05) is 24.3 Å². The normalized spacial score (nSPS) is 24.8. The molecule has 1 saturated heterocycles. The van der Waals surface area contributed by atoms with Gasteiger partial charge in [0.05, 0.1) is 11.7 Å². The summed E-state index contributed by atoms with van der Waals surface area (Å²) in [4.78, 5) is 6.57. The molecular formula is C23H27N5O. The molecule has 2 N–H and O–H groups in total. The number of ether oxygens (including phenoxy) is 1. The van der Waals surface area contributed by atoms with E-state index in [2.05, 4.69) is 39.2 Å². The molecule has 0 amide bonds. The zero-order valence-corrected chi connectivity index (χ0v) is 16.5. The highest BCUT2D eigenvalue weighted by atomic mass is 16.5. The number of likely N-dealkylation sites (tertiary alicyclic amines) is 1. The van der Waals surface area contributed by atoms with Gasteiger partial charge in [-0.15, -0.1) is 0 Å². The van der Waals surface area contributed by atoms with Crippen LogP contribution < -0.4 is 10.5 Å². The van der Waals surface area contributed by atoms with Crippen LogP contribution in [-0.2, 0) is 6.42 Å². The van der Waals surface area contributed by atoms with Crippen LogP contribution in [0.1, 0.15) is 36.5 Å². The van der Waals surface area contributed by atoms with Crippen LogP contribution in [-0.4, -0.2) is 44.8 Å². The number of rotatable bonds is 4. The van der Waals surface area contributed by atoms with Gasteiger partial charge in [-0.05, 0) is 67.6 Å². The van der Waals surface area contributed by atoms with E-state index >= 15 is 0 Å². The fourth-order valence-electron chi connectivity index (χ4n) is 4.72. The lowest BCUT2D eigenvalue weighted by molar-refractivity contribution is 0.0367. The third-order valence-electron chi connectivity index (χ3n) is 6.16. The Morgan fingerprint density at radius 2 is 1.90 bits per heavy atom. The molecule has 1 fully saturated rings. The number of hydrogen-bond donors (Lipinski definition) is 1. The van der Waals surface area contributed by atoms with E-state index in [0.29, 0.717) is 6.04 Å². The van der Waals surface area contributed by atoms with Crippen LogP contribution in [0.4, 0.5) is 0 Å². The van der Waals surface area contributed by atoms with Crippen LogP contribution in [0.2, 0.25) is 0 Å². The second-order valence-electron chi connectivity index (χ2n) is 8.07.